The van der Waals surface area contributed by atoms with Gasteiger partial charge in [-0.05, 0) is 63.4 Å². The van der Waals surface area contributed by atoms with E-state index in [0.717, 1.165) is 28.4 Å². The van der Waals surface area contributed by atoms with Gasteiger partial charge < -0.3 is 10.6 Å². The highest BCUT2D eigenvalue weighted by atomic mass is 79.9. The zero-order chi connectivity index (χ0) is 19.1. The van der Waals surface area contributed by atoms with Gasteiger partial charge in [0.1, 0.15) is 0 Å². The number of carbonyl (C=O) groups excluding carboxylic acids is 2. The summed E-state index contributed by atoms with van der Waals surface area (Å²) >= 11 is 3.42. The van der Waals surface area contributed by atoms with E-state index in [4.69, 9.17) is 0 Å². The highest BCUT2D eigenvalue weighted by Gasteiger charge is 2.11. The summed E-state index contributed by atoms with van der Waals surface area (Å²) in [6.45, 7) is 5.85. The van der Waals surface area contributed by atoms with Crippen LogP contribution in [0.25, 0.3) is 0 Å². The molecule has 2 aromatic carbocycles. The summed E-state index contributed by atoms with van der Waals surface area (Å²) in [5.74, 6) is -0.402. The summed E-state index contributed by atoms with van der Waals surface area (Å²) in [4.78, 5) is 24.2. The van der Waals surface area contributed by atoms with Crippen LogP contribution in [-0.4, -0.2) is 24.4 Å². The lowest BCUT2D eigenvalue weighted by Crippen LogP contribution is -2.41. The molecule has 0 fully saturated rings. The van der Waals surface area contributed by atoms with Crippen LogP contribution in [0.1, 0.15) is 40.4 Å². The lowest BCUT2D eigenvalue weighted by atomic mass is 10.1. The number of amides is 2. The first kappa shape index (κ1) is 20.2. The molecule has 0 aliphatic carbocycles. The summed E-state index contributed by atoms with van der Waals surface area (Å²) in [7, 11) is 0. The number of nitrogens with one attached hydrogen (secondary N) is 2. The van der Waals surface area contributed by atoms with Gasteiger partial charge in [0.2, 0.25) is 5.91 Å². The summed E-state index contributed by atoms with van der Waals surface area (Å²) in [6, 6.07) is 13.9. The van der Waals surface area contributed by atoms with Crippen molar-refractivity contribution in [2.24, 2.45) is 0 Å². The fourth-order valence-corrected chi connectivity index (χ4v) is 3.06. The highest BCUT2D eigenvalue weighted by Crippen LogP contribution is 2.12. The van der Waals surface area contributed by atoms with Crippen LogP contribution in [0, 0.1) is 13.8 Å². The molecule has 2 aromatic rings. The molecule has 0 radical (unpaired) electrons. The standard InChI is InChI=1S/C21H25BrN2O2/c1-14-10-15(2)12-18(11-14)21(26)23-13-20(25)24-16(3)4-5-17-6-8-19(22)9-7-17/h6-12,16H,4-5,13H2,1-3H3,(H,23,26)(H,24,25). The van der Waals surface area contributed by atoms with Crippen LogP contribution in [0.5, 0.6) is 0 Å². The maximum Gasteiger partial charge on any atom is 0.251 e. The quantitative estimate of drug-likeness (QED) is 0.717. The van der Waals surface area contributed by atoms with Crippen LogP contribution in [0.4, 0.5) is 0 Å². The van der Waals surface area contributed by atoms with E-state index < -0.39 is 0 Å². The third kappa shape index (κ3) is 6.64. The Balaban J connectivity index is 1.75. The van der Waals surface area contributed by atoms with Gasteiger partial charge in [-0.1, -0.05) is 45.3 Å². The van der Waals surface area contributed by atoms with Crippen molar-refractivity contribution in [1.82, 2.24) is 10.6 Å². The molecule has 2 rings (SSSR count). The Bertz CT molecular complexity index is 752. The minimum Gasteiger partial charge on any atom is -0.352 e. The molecule has 0 aromatic heterocycles. The molecule has 138 valence electrons. The molecule has 26 heavy (non-hydrogen) atoms. The van der Waals surface area contributed by atoms with Crippen LogP contribution in [-0.2, 0) is 11.2 Å². The summed E-state index contributed by atoms with van der Waals surface area (Å²) < 4.78 is 1.06. The van der Waals surface area contributed by atoms with E-state index in [2.05, 4.69) is 38.7 Å². The number of carbonyl (C=O) groups is 2. The van der Waals surface area contributed by atoms with E-state index in [0.29, 0.717) is 5.56 Å². The normalized spacial score (nSPS) is 11.7. The number of rotatable bonds is 7. The van der Waals surface area contributed by atoms with Gasteiger partial charge in [-0.15, -0.1) is 0 Å². The minimum atomic E-state index is -0.227. The summed E-state index contributed by atoms with van der Waals surface area (Å²) in [6.07, 6.45) is 1.74. The molecule has 0 aliphatic rings. The maximum atomic E-state index is 12.2. The molecule has 0 spiro atoms. The molecular formula is C21H25BrN2O2. The molecule has 1 atom stereocenters. The van der Waals surface area contributed by atoms with Crippen molar-refractivity contribution in [3.05, 3.63) is 69.2 Å². The maximum absolute atomic E-state index is 12.2. The second-order valence-electron chi connectivity index (χ2n) is 6.69. The third-order valence-corrected chi connectivity index (χ3v) is 4.61. The molecule has 5 heteroatoms. The summed E-state index contributed by atoms with van der Waals surface area (Å²) in [5, 5.41) is 5.61. The predicted molar refractivity (Wildman–Crippen MR) is 108 cm³/mol. The van der Waals surface area contributed by atoms with Crippen molar-refractivity contribution in [1.29, 1.82) is 0 Å². The van der Waals surface area contributed by atoms with E-state index in [1.165, 1.54) is 5.56 Å². The zero-order valence-electron chi connectivity index (χ0n) is 15.4. The average Bonchev–Trinajstić information content (AvgIpc) is 2.58. The largest absolute Gasteiger partial charge is 0.352 e. The molecule has 0 saturated carbocycles. The third-order valence-electron chi connectivity index (χ3n) is 4.08. The van der Waals surface area contributed by atoms with Crippen molar-refractivity contribution in [2.75, 3.05) is 6.54 Å². The van der Waals surface area contributed by atoms with Crippen LogP contribution >= 0.6 is 15.9 Å². The first-order valence-electron chi connectivity index (χ1n) is 8.74. The zero-order valence-corrected chi connectivity index (χ0v) is 17.0. The van der Waals surface area contributed by atoms with Crippen LogP contribution in [0.15, 0.2) is 46.9 Å². The molecule has 0 aliphatic heterocycles. The lowest BCUT2D eigenvalue weighted by molar-refractivity contribution is -0.120. The molecule has 2 amide bonds. The van der Waals surface area contributed by atoms with Crippen molar-refractivity contribution < 1.29 is 9.59 Å². The average molecular weight is 417 g/mol. The highest BCUT2D eigenvalue weighted by molar-refractivity contribution is 9.10. The first-order chi connectivity index (χ1) is 12.3. The topological polar surface area (TPSA) is 58.2 Å². The van der Waals surface area contributed by atoms with Gasteiger partial charge in [-0.25, -0.2) is 0 Å². The first-order valence-corrected chi connectivity index (χ1v) is 9.53. The van der Waals surface area contributed by atoms with Crippen molar-refractivity contribution in [2.45, 2.75) is 39.7 Å². The van der Waals surface area contributed by atoms with Gasteiger partial charge in [0.25, 0.3) is 5.91 Å². The second kappa shape index (κ2) is 9.53. The van der Waals surface area contributed by atoms with E-state index in [1.54, 1.807) is 0 Å². The Hall–Kier alpha value is -2.14. The van der Waals surface area contributed by atoms with Gasteiger partial charge in [-0.2, -0.15) is 0 Å². The number of hydrogen-bond donors (Lipinski definition) is 2. The van der Waals surface area contributed by atoms with Crippen molar-refractivity contribution in [3.8, 4) is 0 Å². The smallest absolute Gasteiger partial charge is 0.251 e. The van der Waals surface area contributed by atoms with Crippen LogP contribution < -0.4 is 10.6 Å². The molecule has 0 saturated heterocycles. The van der Waals surface area contributed by atoms with E-state index >= 15 is 0 Å². The minimum absolute atomic E-state index is 0.0194. The molecule has 0 bridgehead atoms. The van der Waals surface area contributed by atoms with Gasteiger partial charge in [-0.3, -0.25) is 9.59 Å². The molecular weight excluding hydrogens is 392 g/mol. The van der Waals surface area contributed by atoms with E-state index in [-0.39, 0.29) is 24.4 Å². The van der Waals surface area contributed by atoms with E-state index in [1.807, 2.05) is 51.1 Å². The second-order valence-corrected chi connectivity index (χ2v) is 7.61. The Morgan fingerprint density at radius 2 is 1.65 bits per heavy atom. The van der Waals surface area contributed by atoms with Crippen LogP contribution in [0.3, 0.4) is 0 Å². The lowest BCUT2D eigenvalue weighted by Gasteiger charge is -2.14. The fraction of sp³-hybridized carbons (Fsp3) is 0.333. The van der Waals surface area contributed by atoms with Crippen molar-refractivity contribution in [3.63, 3.8) is 0 Å². The Morgan fingerprint density at radius 3 is 2.27 bits per heavy atom. The molecule has 2 N–H and O–H groups in total. The Kier molecular flexibility index (Phi) is 7.39. The van der Waals surface area contributed by atoms with Gasteiger partial charge in [0.15, 0.2) is 0 Å². The molecule has 0 heterocycles. The van der Waals surface area contributed by atoms with E-state index in [9.17, 15) is 9.59 Å². The number of hydrogen-bond acceptors (Lipinski definition) is 2. The molecule has 4 nitrogen and oxygen atoms in total. The van der Waals surface area contributed by atoms with Gasteiger partial charge in [0, 0.05) is 16.1 Å². The summed E-state index contributed by atoms with van der Waals surface area (Å²) in [5.41, 5.74) is 3.87. The fourth-order valence-electron chi connectivity index (χ4n) is 2.80. The number of aryl methyl sites for hydroxylation is 3. The van der Waals surface area contributed by atoms with Crippen molar-refractivity contribution >= 4 is 27.7 Å². The van der Waals surface area contributed by atoms with Crippen LogP contribution in [0.2, 0.25) is 0 Å². The SMILES string of the molecule is Cc1cc(C)cc(C(=O)NCC(=O)NC(C)CCc2ccc(Br)cc2)c1. The van der Waals surface area contributed by atoms with Gasteiger partial charge in [0.05, 0.1) is 6.54 Å². The number of halogens is 1. The molecule has 1 unspecified atom stereocenters. The monoisotopic (exact) mass is 416 g/mol. The Labute approximate surface area is 163 Å². The Morgan fingerprint density at radius 1 is 1.04 bits per heavy atom. The predicted octanol–water partition coefficient (Wildman–Crippen LogP) is 3.93. The van der Waals surface area contributed by atoms with Gasteiger partial charge >= 0.3 is 0 Å². The number of benzene rings is 2.